The number of imidazole rings is 1. The summed E-state index contributed by atoms with van der Waals surface area (Å²) in [6.45, 7) is 0. The molecule has 4 aromatic heterocycles. The Morgan fingerprint density at radius 2 is 2.03 bits per heavy atom. The van der Waals surface area contributed by atoms with Crippen LogP contribution in [0.2, 0.25) is 5.02 Å². The number of halogens is 4. The van der Waals surface area contributed by atoms with Crippen molar-refractivity contribution in [1.29, 1.82) is 0 Å². The highest BCUT2D eigenvalue weighted by Crippen LogP contribution is 2.35. The molecule has 0 bridgehead atoms. The minimum atomic E-state index is -4.43. The molecule has 0 saturated heterocycles. The number of hydrogen-bond donors (Lipinski definition) is 0. The molecule has 0 amide bonds. The summed E-state index contributed by atoms with van der Waals surface area (Å²) < 4.78 is 51.4. The number of fused-ring (bicyclic) bond motifs is 1. The lowest BCUT2D eigenvalue weighted by atomic mass is 10.2. The number of alkyl halides is 3. The van der Waals surface area contributed by atoms with Crippen molar-refractivity contribution in [2.45, 2.75) is 12.6 Å². The molecular formula is C18H12ClF3N4O2S. The van der Waals surface area contributed by atoms with Crippen LogP contribution in [0.5, 0.6) is 16.8 Å². The Labute approximate surface area is 171 Å². The number of pyridine rings is 2. The van der Waals surface area contributed by atoms with E-state index in [4.69, 9.17) is 21.1 Å². The van der Waals surface area contributed by atoms with Gasteiger partial charge in [-0.2, -0.15) is 13.2 Å². The quantitative estimate of drug-likeness (QED) is 0.415. The zero-order valence-electron chi connectivity index (χ0n) is 14.8. The number of ether oxygens (including phenoxy) is 2. The van der Waals surface area contributed by atoms with E-state index in [-0.39, 0.29) is 27.3 Å². The fourth-order valence-corrected chi connectivity index (χ4v) is 3.61. The van der Waals surface area contributed by atoms with Crippen molar-refractivity contribution < 1.29 is 22.6 Å². The van der Waals surface area contributed by atoms with E-state index < -0.39 is 12.6 Å². The van der Waals surface area contributed by atoms with Crippen molar-refractivity contribution >= 4 is 28.6 Å². The van der Waals surface area contributed by atoms with Crippen LogP contribution in [-0.4, -0.2) is 32.6 Å². The van der Waals surface area contributed by atoms with Crippen LogP contribution in [0.1, 0.15) is 5.69 Å². The van der Waals surface area contributed by atoms with Crippen LogP contribution in [0.3, 0.4) is 0 Å². The lowest BCUT2D eigenvalue weighted by Gasteiger charge is -2.06. The Kier molecular flexibility index (Phi) is 5.05. The highest BCUT2D eigenvalue weighted by Gasteiger charge is 2.32. The Hall–Kier alpha value is -2.85. The predicted octanol–water partition coefficient (Wildman–Crippen LogP) is 5.41. The van der Waals surface area contributed by atoms with Crippen molar-refractivity contribution in [3.05, 3.63) is 52.8 Å². The number of nitrogens with zero attached hydrogens (tertiary/aromatic N) is 4. The van der Waals surface area contributed by atoms with Crippen molar-refractivity contribution in [2.75, 3.05) is 7.11 Å². The maximum absolute atomic E-state index is 13.1. The Morgan fingerprint density at radius 3 is 2.72 bits per heavy atom. The summed E-state index contributed by atoms with van der Waals surface area (Å²) in [5, 5.41) is 2.11. The van der Waals surface area contributed by atoms with Gasteiger partial charge in [-0.3, -0.25) is 4.40 Å². The SMILES string of the molecule is COc1ccc(Oc2nc(-c3c(CC(F)(F)F)nc4c(Cl)cccn34)cs2)cn1. The molecule has 4 aromatic rings. The first kappa shape index (κ1) is 19.5. The summed E-state index contributed by atoms with van der Waals surface area (Å²) >= 11 is 7.26. The van der Waals surface area contributed by atoms with Crippen molar-refractivity contribution in [2.24, 2.45) is 0 Å². The van der Waals surface area contributed by atoms with E-state index in [1.165, 1.54) is 17.7 Å². The summed E-state index contributed by atoms with van der Waals surface area (Å²) in [6, 6.07) is 6.47. The lowest BCUT2D eigenvalue weighted by Crippen LogP contribution is -2.12. The first-order valence-corrected chi connectivity index (χ1v) is 9.46. The molecule has 0 spiro atoms. The van der Waals surface area contributed by atoms with Gasteiger partial charge in [-0.25, -0.2) is 15.0 Å². The molecule has 0 fully saturated rings. The summed E-state index contributed by atoms with van der Waals surface area (Å²) in [5.74, 6) is 0.847. The van der Waals surface area contributed by atoms with Gasteiger partial charge in [0.15, 0.2) is 5.65 Å². The minimum absolute atomic E-state index is 0.159. The number of methoxy groups -OCH3 is 1. The van der Waals surface area contributed by atoms with Crippen molar-refractivity contribution in [3.63, 3.8) is 0 Å². The second-order valence-electron chi connectivity index (χ2n) is 5.89. The molecule has 29 heavy (non-hydrogen) atoms. The van der Waals surface area contributed by atoms with Crippen LogP contribution in [0.15, 0.2) is 42.0 Å². The van der Waals surface area contributed by atoms with Crippen LogP contribution >= 0.6 is 22.9 Å². The molecule has 0 unspecified atom stereocenters. The van der Waals surface area contributed by atoms with Crippen LogP contribution in [0.25, 0.3) is 17.0 Å². The molecule has 4 heterocycles. The molecule has 0 aliphatic carbocycles. The van der Waals surface area contributed by atoms with Gasteiger partial charge in [0.1, 0.15) is 11.4 Å². The number of hydrogen-bond acceptors (Lipinski definition) is 6. The molecule has 11 heteroatoms. The average Bonchev–Trinajstić information content (AvgIpc) is 3.26. The molecule has 0 aliphatic rings. The first-order valence-electron chi connectivity index (χ1n) is 8.20. The third kappa shape index (κ3) is 4.13. The summed E-state index contributed by atoms with van der Waals surface area (Å²) in [7, 11) is 1.50. The largest absolute Gasteiger partial charge is 0.481 e. The highest BCUT2D eigenvalue weighted by molar-refractivity contribution is 7.11. The van der Waals surface area contributed by atoms with E-state index in [0.717, 1.165) is 11.3 Å². The van der Waals surface area contributed by atoms with Crippen LogP contribution in [-0.2, 0) is 6.42 Å². The molecule has 150 valence electrons. The van der Waals surface area contributed by atoms with Gasteiger partial charge in [0.2, 0.25) is 5.88 Å². The number of thiazole rings is 1. The summed E-state index contributed by atoms with van der Waals surface area (Å²) in [4.78, 5) is 12.5. The fourth-order valence-electron chi connectivity index (χ4n) is 2.73. The van der Waals surface area contributed by atoms with Crippen LogP contribution < -0.4 is 9.47 Å². The summed E-state index contributed by atoms with van der Waals surface area (Å²) in [6.07, 6.45) is -2.57. The zero-order chi connectivity index (χ0) is 20.6. The van der Waals surface area contributed by atoms with Gasteiger partial charge in [-0.1, -0.05) is 22.9 Å². The van der Waals surface area contributed by atoms with Crippen LogP contribution in [0, 0.1) is 0 Å². The maximum atomic E-state index is 13.1. The van der Waals surface area contributed by atoms with Gasteiger partial charge < -0.3 is 9.47 Å². The Balaban J connectivity index is 1.72. The molecule has 6 nitrogen and oxygen atoms in total. The minimum Gasteiger partial charge on any atom is -0.481 e. The van der Waals surface area contributed by atoms with E-state index in [0.29, 0.717) is 17.3 Å². The standard InChI is InChI=1S/C18H12ClF3N4O2S/c1-27-14-5-4-10(8-23-14)28-17-25-13(9-29-17)15-12(7-18(20,21)22)24-16-11(19)3-2-6-26(15)16/h2-6,8-9H,7H2,1H3. The van der Waals surface area contributed by atoms with E-state index >= 15 is 0 Å². The topological polar surface area (TPSA) is 61.5 Å². The van der Waals surface area contributed by atoms with Gasteiger partial charge in [0.05, 0.1) is 36.1 Å². The molecule has 0 N–H and O–H groups in total. The average molecular weight is 441 g/mol. The molecule has 0 atom stereocenters. The van der Waals surface area contributed by atoms with E-state index in [2.05, 4.69) is 15.0 Å². The zero-order valence-corrected chi connectivity index (χ0v) is 16.3. The van der Waals surface area contributed by atoms with Gasteiger partial charge in [0, 0.05) is 17.6 Å². The Bertz CT molecular complexity index is 1160. The molecule has 4 rings (SSSR count). The first-order chi connectivity index (χ1) is 13.8. The van der Waals surface area contributed by atoms with Gasteiger partial charge >= 0.3 is 6.18 Å². The second kappa shape index (κ2) is 7.53. The van der Waals surface area contributed by atoms with Gasteiger partial charge in [0.25, 0.3) is 5.19 Å². The lowest BCUT2D eigenvalue weighted by molar-refractivity contribution is -0.127. The third-order valence-corrected chi connectivity index (χ3v) is 4.90. The van der Waals surface area contributed by atoms with E-state index in [9.17, 15) is 13.2 Å². The third-order valence-electron chi connectivity index (χ3n) is 3.89. The van der Waals surface area contributed by atoms with E-state index in [1.807, 2.05) is 0 Å². The van der Waals surface area contributed by atoms with Crippen LogP contribution in [0.4, 0.5) is 13.2 Å². The Morgan fingerprint density at radius 1 is 1.21 bits per heavy atom. The highest BCUT2D eigenvalue weighted by atomic mass is 35.5. The normalized spacial score (nSPS) is 11.8. The second-order valence-corrected chi connectivity index (χ2v) is 7.11. The number of rotatable bonds is 5. The monoisotopic (exact) mass is 440 g/mol. The summed E-state index contributed by atoms with van der Waals surface area (Å²) in [5.41, 5.74) is 0.603. The van der Waals surface area contributed by atoms with Gasteiger partial charge in [-0.05, 0) is 18.2 Å². The molecule has 0 aromatic carbocycles. The smallest absolute Gasteiger partial charge is 0.394 e. The van der Waals surface area contributed by atoms with Crippen molar-refractivity contribution in [3.8, 4) is 28.2 Å². The molecular weight excluding hydrogens is 429 g/mol. The molecule has 0 saturated carbocycles. The molecule has 0 radical (unpaired) electrons. The van der Waals surface area contributed by atoms with E-state index in [1.54, 1.807) is 35.8 Å². The fraction of sp³-hybridized carbons (Fsp3) is 0.167. The predicted molar refractivity (Wildman–Crippen MR) is 102 cm³/mol. The number of aromatic nitrogens is 4. The van der Waals surface area contributed by atoms with Gasteiger partial charge in [-0.15, -0.1) is 0 Å². The maximum Gasteiger partial charge on any atom is 0.394 e. The molecule has 0 aliphatic heterocycles. The van der Waals surface area contributed by atoms with Crippen molar-refractivity contribution in [1.82, 2.24) is 19.4 Å².